The largest absolute Gasteiger partial charge is 0.126 e. The number of allylic oxidation sites excluding steroid dienone is 2. The van der Waals surface area contributed by atoms with E-state index in [1.807, 2.05) is 11.8 Å². The summed E-state index contributed by atoms with van der Waals surface area (Å²) in [6.07, 6.45) is 4.66. The van der Waals surface area contributed by atoms with Gasteiger partial charge in [-0.25, -0.2) is 0 Å². The zero-order valence-corrected chi connectivity index (χ0v) is 9.19. The van der Waals surface area contributed by atoms with Gasteiger partial charge in [-0.3, -0.25) is 0 Å². The molecule has 1 aliphatic rings. The molecular weight excluding hydrogens is 164 g/mol. The molecule has 1 aliphatic heterocycles. The van der Waals surface area contributed by atoms with Crippen LogP contribution in [0.3, 0.4) is 0 Å². The topological polar surface area (TPSA) is 0 Å². The predicted octanol–water partition coefficient (Wildman–Crippen LogP) is 3.85. The first kappa shape index (κ1) is 9.91. The maximum Gasteiger partial charge on any atom is 0.0331 e. The van der Waals surface area contributed by atoms with Gasteiger partial charge in [-0.15, -0.1) is 11.8 Å². The predicted molar refractivity (Wildman–Crippen MR) is 58.3 cm³/mol. The first-order valence-electron chi connectivity index (χ1n) is 4.61. The molecule has 0 fully saturated rings. The van der Waals surface area contributed by atoms with Crippen LogP contribution in [0.15, 0.2) is 23.1 Å². The first-order valence-corrected chi connectivity index (χ1v) is 5.56. The molecule has 12 heavy (non-hydrogen) atoms. The molecule has 0 spiro atoms. The normalized spacial score (nSPS) is 30.2. The zero-order valence-electron chi connectivity index (χ0n) is 8.37. The molecule has 0 aliphatic carbocycles. The Morgan fingerprint density at radius 1 is 1.50 bits per heavy atom. The van der Waals surface area contributed by atoms with E-state index in [2.05, 4.69) is 45.3 Å². The van der Waals surface area contributed by atoms with Crippen molar-refractivity contribution in [3.63, 3.8) is 0 Å². The summed E-state index contributed by atoms with van der Waals surface area (Å²) < 4.78 is 0. The minimum atomic E-state index is 0.679. The molecule has 0 amide bonds. The molecule has 1 heteroatoms. The maximum absolute atomic E-state index is 2.35. The van der Waals surface area contributed by atoms with E-state index in [9.17, 15) is 0 Å². The second-order valence-electron chi connectivity index (χ2n) is 3.88. The highest BCUT2D eigenvalue weighted by Gasteiger charge is 2.21. The summed E-state index contributed by atoms with van der Waals surface area (Å²) >= 11 is 1.95. The van der Waals surface area contributed by atoms with Gasteiger partial charge in [0.1, 0.15) is 0 Å². The van der Waals surface area contributed by atoms with Crippen LogP contribution in [0.4, 0.5) is 0 Å². The summed E-state index contributed by atoms with van der Waals surface area (Å²) in [4.78, 5) is 0. The quantitative estimate of drug-likeness (QED) is 0.584. The molecule has 1 heterocycles. The molecule has 1 unspecified atom stereocenters. The lowest BCUT2D eigenvalue weighted by Gasteiger charge is -2.11. The maximum atomic E-state index is 2.35. The van der Waals surface area contributed by atoms with Crippen LogP contribution in [0, 0.1) is 11.8 Å². The Morgan fingerprint density at radius 2 is 2.17 bits per heavy atom. The van der Waals surface area contributed by atoms with Gasteiger partial charge < -0.3 is 0 Å². The van der Waals surface area contributed by atoms with E-state index >= 15 is 0 Å². The summed E-state index contributed by atoms with van der Waals surface area (Å²) in [6, 6.07) is 0. The molecule has 2 atom stereocenters. The fourth-order valence-corrected chi connectivity index (χ4v) is 2.43. The molecule has 0 aromatic carbocycles. The van der Waals surface area contributed by atoms with Gasteiger partial charge in [0.2, 0.25) is 0 Å². The van der Waals surface area contributed by atoms with Gasteiger partial charge in [0, 0.05) is 5.25 Å². The van der Waals surface area contributed by atoms with Crippen LogP contribution in [0.2, 0.25) is 0 Å². The fourth-order valence-electron chi connectivity index (χ4n) is 1.21. The van der Waals surface area contributed by atoms with Crippen molar-refractivity contribution in [2.45, 2.75) is 32.9 Å². The summed E-state index contributed by atoms with van der Waals surface area (Å²) in [6.45, 7) is 8.98. The van der Waals surface area contributed by atoms with Crippen molar-refractivity contribution in [1.29, 1.82) is 0 Å². The van der Waals surface area contributed by atoms with Crippen molar-refractivity contribution < 1.29 is 0 Å². The summed E-state index contributed by atoms with van der Waals surface area (Å²) in [7, 11) is 0. The van der Waals surface area contributed by atoms with Crippen molar-refractivity contribution in [3.8, 4) is 0 Å². The molecule has 0 aromatic heterocycles. The van der Waals surface area contributed by atoms with E-state index < -0.39 is 0 Å². The Kier molecular flexibility index (Phi) is 3.45. The summed E-state index contributed by atoms with van der Waals surface area (Å²) in [5.41, 5.74) is 1.53. The highest BCUT2D eigenvalue weighted by molar-refractivity contribution is 8.03. The minimum Gasteiger partial charge on any atom is -0.126 e. The van der Waals surface area contributed by atoms with Gasteiger partial charge in [-0.1, -0.05) is 38.5 Å². The van der Waals surface area contributed by atoms with E-state index in [1.54, 1.807) is 0 Å². The van der Waals surface area contributed by atoms with E-state index in [0.29, 0.717) is 11.2 Å². The third kappa shape index (κ3) is 2.41. The molecule has 0 N–H and O–H groups in total. The number of thioether (sulfide) groups is 1. The van der Waals surface area contributed by atoms with Crippen molar-refractivity contribution in [2.24, 2.45) is 11.8 Å². The molecule has 0 aromatic rings. The smallest absolute Gasteiger partial charge is 0.0331 e. The highest BCUT2D eigenvalue weighted by Crippen LogP contribution is 2.35. The summed E-state index contributed by atoms with van der Waals surface area (Å²) in [5.74, 6) is 1.41. The minimum absolute atomic E-state index is 0.679. The van der Waals surface area contributed by atoms with Gasteiger partial charge in [0.15, 0.2) is 0 Å². The average Bonchev–Trinajstić information content (AvgIpc) is 2.30. The van der Waals surface area contributed by atoms with Gasteiger partial charge in [-0.05, 0) is 24.2 Å². The van der Waals surface area contributed by atoms with Crippen molar-refractivity contribution in [2.75, 3.05) is 0 Å². The number of rotatable bonds is 2. The van der Waals surface area contributed by atoms with E-state index in [-0.39, 0.29) is 0 Å². The standard InChI is InChI=1S/C11H18S/c1-8(2)5-6-11-10(4)9(3)7-12-11/h5-8,10-11H,1-4H3/b6-5-/t10-,11?/m0/s1. The average molecular weight is 182 g/mol. The Balaban J connectivity index is 2.47. The molecule has 0 saturated carbocycles. The van der Waals surface area contributed by atoms with Gasteiger partial charge in [-0.2, -0.15) is 0 Å². The fraction of sp³-hybridized carbons (Fsp3) is 0.636. The SMILES string of the molecule is CC1=CSC(/C=C\C(C)C)[C@H]1C. The molecule has 0 radical (unpaired) electrons. The second kappa shape index (κ2) is 4.18. The van der Waals surface area contributed by atoms with Crippen molar-refractivity contribution in [3.05, 3.63) is 23.1 Å². The molecule has 1 rings (SSSR count). The van der Waals surface area contributed by atoms with Crippen LogP contribution in [0.1, 0.15) is 27.7 Å². The molecule has 0 saturated heterocycles. The first-order chi connectivity index (χ1) is 5.61. The van der Waals surface area contributed by atoms with Gasteiger partial charge in [0.25, 0.3) is 0 Å². The summed E-state index contributed by atoms with van der Waals surface area (Å²) in [5, 5.41) is 2.98. The lowest BCUT2D eigenvalue weighted by atomic mass is 9.99. The van der Waals surface area contributed by atoms with Crippen molar-refractivity contribution >= 4 is 11.8 Å². The Labute approximate surface area is 80.1 Å². The third-order valence-corrected chi connectivity index (χ3v) is 3.70. The highest BCUT2D eigenvalue weighted by atomic mass is 32.2. The third-order valence-electron chi connectivity index (χ3n) is 2.31. The van der Waals surface area contributed by atoms with E-state index in [0.717, 1.165) is 5.92 Å². The zero-order chi connectivity index (χ0) is 9.14. The van der Waals surface area contributed by atoms with Crippen LogP contribution in [-0.2, 0) is 0 Å². The number of hydrogen-bond acceptors (Lipinski definition) is 1. The van der Waals surface area contributed by atoms with Crippen LogP contribution < -0.4 is 0 Å². The van der Waals surface area contributed by atoms with Crippen molar-refractivity contribution in [1.82, 2.24) is 0 Å². The lowest BCUT2D eigenvalue weighted by molar-refractivity contribution is 0.717. The van der Waals surface area contributed by atoms with Crippen LogP contribution in [0.25, 0.3) is 0 Å². The Hall–Kier alpha value is -0.170. The van der Waals surface area contributed by atoms with Crippen LogP contribution >= 0.6 is 11.8 Å². The second-order valence-corrected chi connectivity index (χ2v) is 4.93. The molecule has 68 valence electrons. The van der Waals surface area contributed by atoms with Crippen LogP contribution in [0.5, 0.6) is 0 Å². The number of hydrogen-bond donors (Lipinski definition) is 0. The monoisotopic (exact) mass is 182 g/mol. The van der Waals surface area contributed by atoms with E-state index in [1.165, 1.54) is 5.57 Å². The van der Waals surface area contributed by atoms with Gasteiger partial charge in [0.05, 0.1) is 0 Å². The molecular formula is C11H18S. The Bertz CT molecular complexity index is 201. The molecule has 0 nitrogen and oxygen atoms in total. The molecule has 0 bridgehead atoms. The van der Waals surface area contributed by atoms with Gasteiger partial charge >= 0.3 is 0 Å². The van der Waals surface area contributed by atoms with E-state index in [4.69, 9.17) is 0 Å². The lowest BCUT2D eigenvalue weighted by Crippen LogP contribution is -2.07. The Morgan fingerprint density at radius 3 is 2.58 bits per heavy atom. The van der Waals surface area contributed by atoms with Crippen LogP contribution in [-0.4, -0.2) is 5.25 Å².